The van der Waals surface area contributed by atoms with Gasteiger partial charge >= 0.3 is 0 Å². The van der Waals surface area contributed by atoms with Crippen molar-refractivity contribution in [2.75, 3.05) is 5.75 Å². The second kappa shape index (κ2) is 13.9. The largest absolute Gasteiger partial charge is 0.309 e. The highest BCUT2D eigenvalue weighted by atomic mass is 32.2. The summed E-state index contributed by atoms with van der Waals surface area (Å²) in [5.74, 6) is 0.912. The van der Waals surface area contributed by atoms with Gasteiger partial charge in [0.25, 0.3) is 0 Å². The molecule has 0 atom stereocenters. The number of hydrogen-bond acceptors (Lipinski definition) is 3. The molecule has 0 N–H and O–H groups in total. The Balaban J connectivity index is 1.02. The number of rotatable bonds is 8. The second-order valence-corrected chi connectivity index (χ2v) is 18.3. The molecule has 0 aliphatic rings. The zero-order valence-electron chi connectivity index (χ0n) is 32.1. The number of benzene rings is 8. The van der Waals surface area contributed by atoms with Crippen molar-refractivity contribution in [1.29, 1.82) is 0 Å². The topological polar surface area (TPSA) is 9.86 Å². The zero-order chi connectivity index (χ0) is 39.0. The van der Waals surface area contributed by atoms with Crippen LogP contribution in [0.5, 0.6) is 0 Å². The molecule has 0 saturated carbocycles. The average Bonchev–Trinajstić information content (AvgIpc) is 4.03. The second-order valence-electron chi connectivity index (χ2n) is 15.2. The fourth-order valence-corrected chi connectivity index (χ4v) is 12.6. The van der Waals surface area contributed by atoms with E-state index >= 15 is 0 Å². The molecule has 12 aromatic rings. The van der Waals surface area contributed by atoms with Crippen LogP contribution in [0.3, 0.4) is 0 Å². The van der Waals surface area contributed by atoms with Crippen LogP contribution in [0.15, 0.2) is 187 Å². The Kier molecular flexibility index (Phi) is 8.15. The van der Waals surface area contributed by atoms with Gasteiger partial charge in [0.2, 0.25) is 0 Å². The van der Waals surface area contributed by atoms with Crippen LogP contribution in [-0.2, 0) is 6.42 Å². The molecule has 0 fully saturated rings. The van der Waals surface area contributed by atoms with E-state index in [0.29, 0.717) is 0 Å². The van der Waals surface area contributed by atoms with E-state index in [9.17, 15) is 0 Å². The Bertz CT molecular complexity index is 3680. The van der Waals surface area contributed by atoms with Gasteiger partial charge in [0.1, 0.15) is 0 Å². The van der Waals surface area contributed by atoms with Gasteiger partial charge in [0.05, 0.1) is 22.1 Å². The van der Waals surface area contributed by atoms with Crippen LogP contribution in [0.1, 0.15) is 11.1 Å². The predicted octanol–water partition coefficient (Wildman–Crippen LogP) is 16.2. The summed E-state index contributed by atoms with van der Waals surface area (Å²) in [5, 5.41) is 10.5. The van der Waals surface area contributed by atoms with E-state index < -0.39 is 0 Å². The normalized spacial score (nSPS) is 12.3. The number of aromatic nitrogens is 2. The summed E-state index contributed by atoms with van der Waals surface area (Å²) in [6, 6.07) is 60.7. The number of thioether (sulfide) groups is 1. The number of hydrogen-bond donors (Lipinski definition) is 0. The van der Waals surface area contributed by atoms with Crippen molar-refractivity contribution in [2.24, 2.45) is 0 Å². The Morgan fingerprint density at radius 3 is 1.85 bits per heavy atom. The fraction of sp³-hybridized carbons (Fsp3) is 0.0370. The van der Waals surface area contributed by atoms with Crippen molar-refractivity contribution in [1.82, 2.24) is 9.13 Å². The summed E-state index contributed by atoms with van der Waals surface area (Å²) < 4.78 is 10.3. The van der Waals surface area contributed by atoms with Crippen molar-refractivity contribution in [3.05, 3.63) is 194 Å². The Hall–Kier alpha value is -6.37. The molecule has 4 aromatic heterocycles. The number of para-hydroxylation sites is 2. The molecule has 280 valence electrons. The molecule has 0 bridgehead atoms. The lowest BCUT2D eigenvalue weighted by molar-refractivity contribution is 1.17. The minimum atomic E-state index is 0.886. The van der Waals surface area contributed by atoms with Gasteiger partial charge in [-0.1, -0.05) is 115 Å². The van der Waals surface area contributed by atoms with E-state index in [1.54, 1.807) is 0 Å². The monoisotopic (exact) mass is 808 g/mol. The molecule has 0 amide bonds. The van der Waals surface area contributed by atoms with Gasteiger partial charge in [-0.05, 0) is 84.3 Å². The number of fused-ring (bicyclic) bond motifs is 14. The first kappa shape index (κ1) is 34.7. The Labute approximate surface area is 353 Å². The van der Waals surface area contributed by atoms with Gasteiger partial charge in [-0.15, -0.1) is 41.0 Å². The summed E-state index contributed by atoms with van der Waals surface area (Å²) in [6.07, 6.45) is 7.41. The first-order chi connectivity index (χ1) is 29.2. The standard InChI is InChI=1S/C54H36N2S3/c1-2-31-57-48-23-9-3-15-35(48)16-11-13-34-14-12-17-36(32-34)55-44-21-7-4-19-41(44)51-46(55)28-26-39-40-27-29-47-52(54(40)59-53(39)51)42-20-5-8-22-45(42)56(47)37-25-30-50-43(33-37)38-18-6-10-24-49(38)58-50/h2-15,17-30,32-33H,1,16,31H2/b13-11+. The maximum atomic E-state index is 3.91. The van der Waals surface area contributed by atoms with Crippen molar-refractivity contribution in [3.63, 3.8) is 0 Å². The molecule has 0 aliphatic carbocycles. The third kappa shape index (κ3) is 5.46. The van der Waals surface area contributed by atoms with Crippen molar-refractivity contribution >= 4 is 124 Å². The fourth-order valence-electron chi connectivity index (χ4n) is 9.26. The van der Waals surface area contributed by atoms with Crippen LogP contribution in [-0.4, -0.2) is 14.9 Å². The molecule has 4 heterocycles. The van der Waals surface area contributed by atoms with E-state index in [0.717, 1.165) is 12.2 Å². The smallest absolute Gasteiger partial charge is 0.0555 e. The first-order valence-corrected chi connectivity index (χ1v) is 22.7. The number of nitrogens with zero attached hydrogens (tertiary/aromatic N) is 2. The lowest BCUT2D eigenvalue weighted by atomic mass is 10.1. The van der Waals surface area contributed by atoms with Crippen LogP contribution in [0.4, 0.5) is 0 Å². The van der Waals surface area contributed by atoms with Crippen molar-refractivity contribution in [3.8, 4) is 11.4 Å². The van der Waals surface area contributed by atoms with E-state index in [2.05, 4.69) is 192 Å². The van der Waals surface area contributed by atoms with Gasteiger partial charge in [-0.2, -0.15) is 0 Å². The van der Waals surface area contributed by atoms with E-state index in [1.807, 2.05) is 40.5 Å². The zero-order valence-corrected chi connectivity index (χ0v) is 34.5. The lowest BCUT2D eigenvalue weighted by Crippen LogP contribution is -1.94. The molecule has 0 unspecified atom stereocenters. The van der Waals surface area contributed by atoms with Crippen molar-refractivity contribution < 1.29 is 0 Å². The van der Waals surface area contributed by atoms with Crippen LogP contribution < -0.4 is 0 Å². The van der Waals surface area contributed by atoms with Gasteiger partial charge in [0, 0.05) is 83.9 Å². The molecule has 0 spiro atoms. The summed E-state index contributed by atoms with van der Waals surface area (Å²) in [6.45, 7) is 3.91. The molecule has 0 aliphatic heterocycles. The predicted molar refractivity (Wildman–Crippen MR) is 261 cm³/mol. The van der Waals surface area contributed by atoms with Crippen LogP contribution >= 0.6 is 34.4 Å². The van der Waals surface area contributed by atoms with Crippen molar-refractivity contribution in [2.45, 2.75) is 11.3 Å². The van der Waals surface area contributed by atoms with E-state index in [1.165, 1.54) is 111 Å². The maximum absolute atomic E-state index is 3.91. The third-order valence-electron chi connectivity index (χ3n) is 11.8. The van der Waals surface area contributed by atoms with Gasteiger partial charge in [0.15, 0.2) is 0 Å². The molecule has 8 aromatic carbocycles. The average molecular weight is 809 g/mol. The molecular weight excluding hydrogens is 773 g/mol. The Morgan fingerprint density at radius 1 is 0.492 bits per heavy atom. The highest BCUT2D eigenvalue weighted by Gasteiger charge is 2.21. The van der Waals surface area contributed by atoms with Crippen LogP contribution in [0, 0.1) is 0 Å². The van der Waals surface area contributed by atoms with Gasteiger partial charge in [-0.3, -0.25) is 0 Å². The minimum absolute atomic E-state index is 0.886. The molecule has 5 heteroatoms. The molecule has 0 saturated heterocycles. The highest BCUT2D eigenvalue weighted by Crippen LogP contribution is 2.48. The van der Waals surface area contributed by atoms with E-state index in [4.69, 9.17) is 0 Å². The Morgan fingerprint density at radius 2 is 1.12 bits per heavy atom. The molecule has 12 rings (SSSR count). The third-order valence-corrected chi connectivity index (χ3v) is 15.3. The summed E-state index contributed by atoms with van der Waals surface area (Å²) in [7, 11) is 0. The molecule has 0 radical (unpaired) electrons. The van der Waals surface area contributed by atoms with Gasteiger partial charge < -0.3 is 9.13 Å². The lowest BCUT2D eigenvalue weighted by Gasteiger charge is -2.09. The summed E-state index contributed by atoms with van der Waals surface area (Å²) in [4.78, 5) is 1.32. The highest BCUT2D eigenvalue weighted by molar-refractivity contribution is 7.99. The van der Waals surface area contributed by atoms with Crippen LogP contribution in [0.2, 0.25) is 0 Å². The summed E-state index contributed by atoms with van der Waals surface area (Å²) >= 11 is 5.66. The first-order valence-electron chi connectivity index (χ1n) is 20.0. The quantitative estimate of drug-likeness (QED) is 0.110. The molecule has 2 nitrogen and oxygen atoms in total. The SMILES string of the molecule is C=CCSc1ccccc1C/C=C/c1cccc(-n2c3ccccc3c3c4sc5c(ccc6c5c5ccccc5n6-c5ccc6sc7ccccc7c6c5)c4ccc32)c1. The molecular formula is C54H36N2S3. The molecule has 59 heavy (non-hydrogen) atoms. The van der Waals surface area contributed by atoms with Gasteiger partial charge in [-0.25, -0.2) is 0 Å². The maximum Gasteiger partial charge on any atom is 0.0555 e. The summed E-state index contributed by atoms with van der Waals surface area (Å²) in [5.41, 5.74) is 9.83. The number of thiophene rings is 2. The van der Waals surface area contributed by atoms with Crippen LogP contribution in [0.25, 0.3) is 101 Å². The minimum Gasteiger partial charge on any atom is -0.309 e. The van der Waals surface area contributed by atoms with E-state index in [-0.39, 0.29) is 0 Å². The number of allylic oxidation sites excluding steroid dienone is 1.